The Morgan fingerprint density at radius 1 is 1.07 bits per heavy atom. The van der Waals surface area contributed by atoms with Crippen LogP contribution in [0.25, 0.3) is 0 Å². The van der Waals surface area contributed by atoms with Crippen molar-refractivity contribution in [3.63, 3.8) is 0 Å². The van der Waals surface area contributed by atoms with E-state index in [0.717, 1.165) is 32.1 Å². The summed E-state index contributed by atoms with van der Waals surface area (Å²) in [5.74, 6) is -0.116. The molecule has 1 unspecified atom stereocenters. The van der Waals surface area contributed by atoms with Gasteiger partial charge in [0.05, 0.1) is 11.7 Å². The lowest BCUT2D eigenvalue weighted by Crippen LogP contribution is -2.31. The van der Waals surface area contributed by atoms with Crippen LogP contribution in [0.15, 0.2) is 0 Å². The van der Waals surface area contributed by atoms with Gasteiger partial charge >= 0.3 is 5.97 Å². The molecule has 0 amide bonds. The van der Waals surface area contributed by atoms with E-state index in [1.807, 2.05) is 6.92 Å². The summed E-state index contributed by atoms with van der Waals surface area (Å²) in [4.78, 5) is 22.9. The van der Waals surface area contributed by atoms with Gasteiger partial charge in [-0.3, -0.25) is 9.59 Å². The van der Waals surface area contributed by atoms with Crippen molar-refractivity contribution in [2.24, 2.45) is 17.8 Å². The van der Waals surface area contributed by atoms with E-state index in [1.54, 1.807) is 0 Å². The third kappa shape index (κ3) is 7.82. The first kappa shape index (κ1) is 23.3. The molecule has 3 N–H and O–H groups in total. The van der Waals surface area contributed by atoms with Gasteiger partial charge in [0, 0.05) is 18.8 Å². The maximum atomic E-state index is 12.3. The predicted octanol–water partition coefficient (Wildman–Crippen LogP) is 4.48. The molecule has 2 saturated carbocycles. The number of Topliss-reactive ketones (excluding diaryl/α,β-unsaturated/α-hetero) is 1. The molecule has 162 valence electrons. The Morgan fingerprint density at radius 2 is 1.75 bits per heavy atom. The fourth-order valence-corrected chi connectivity index (χ4v) is 5.37. The fourth-order valence-electron chi connectivity index (χ4n) is 5.37. The van der Waals surface area contributed by atoms with Crippen LogP contribution in [0.5, 0.6) is 0 Å². The lowest BCUT2D eigenvalue weighted by atomic mass is 9.77. The summed E-state index contributed by atoms with van der Waals surface area (Å²) >= 11 is 0. The average molecular weight is 397 g/mol. The van der Waals surface area contributed by atoms with Crippen LogP contribution in [0.2, 0.25) is 0 Å². The van der Waals surface area contributed by atoms with E-state index in [9.17, 15) is 19.8 Å². The number of ketones is 1. The second-order valence-corrected chi connectivity index (χ2v) is 9.60. The van der Waals surface area contributed by atoms with Crippen LogP contribution in [0.1, 0.15) is 103 Å². The van der Waals surface area contributed by atoms with E-state index in [2.05, 4.69) is 0 Å². The third-order valence-corrected chi connectivity index (χ3v) is 6.96. The Hall–Kier alpha value is -0.940. The van der Waals surface area contributed by atoms with Crippen LogP contribution in [-0.4, -0.2) is 38.8 Å². The molecule has 0 spiro atoms. The summed E-state index contributed by atoms with van der Waals surface area (Å²) in [6.45, 7) is 1.92. The lowest BCUT2D eigenvalue weighted by molar-refractivity contribution is -0.137. The molecule has 0 aliphatic heterocycles. The molecule has 0 heterocycles. The van der Waals surface area contributed by atoms with E-state index < -0.39 is 17.7 Å². The Labute approximate surface area is 169 Å². The molecule has 2 fully saturated rings. The summed E-state index contributed by atoms with van der Waals surface area (Å²) in [6, 6.07) is 0. The van der Waals surface area contributed by atoms with Crippen LogP contribution >= 0.6 is 0 Å². The van der Waals surface area contributed by atoms with Gasteiger partial charge in [0.25, 0.3) is 0 Å². The van der Waals surface area contributed by atoms with Crippen molar-refractivity contribution in [1.29, 1.82) is 0 Å². The van der Waals surface area contributed by atoms with Gasteiger partial charge < -0.3 is 15.3 Å². The largest absolute Gasteiger partial charge is 0.481 e. The molecule has 5 nitrogen and oxygen atoms in total. The third-order valence-electron chi connectivity index (χ3n) is 6.96. The first-order chi connectivity index (χ1) is 13.3. The van der Waals surface area contributed by atoms with Crippen molar-refractivity contribution in [1.82, 2.24) is 0 Å². The van der Waals surface area contributed by atoms with Crippen molar-refractivity contribution in [2.45, 2.75) is 115 Å². The molecule has 0 radical (unpaired) electrons. The normalized spacial score (nSPS) is 28.4. The number of hydrogen-bond acceptors (Lipinski definition) is 4. The highest BCUT2D eigenvalue weighted by Crippen LogP contribution is 2.39. The number of unbranched alkanes of at least 4 members (excludes halogenated alkanes) is 3. The Balaban J connectivity index is 1.75. The molecule has 2 rings (SSSR count). The number of rotatable bonds is 12. The summed E-state index contributed by atoms with van der Waals surface area (Å²) in [7, 11) is 0. The van der Waals surface area contributed by atoms with Crippen molar-refractivity contribution in [2.75, 3.05) is 0 Å². The Morgan fingerprint density at radius 3 is 2.43 bits per heavy atom. The zero-order valence-corrected chi connectivity index (χ0v) is 17.6. The number of aliphatic carboxylic acids is 1. The molecule has 0 aromatic heterocycles. The molecule has 0 aromatic carbocycles. The SMILES string of the molecule is CC(O)(CC[C@H]1[C@H](O)CC(=O)[C@@H]1CCCCCCC(=O)O)CC1CCCCC1. The number of aliphatic hydroxyl groups is 2. The summed E-state index contributed by atoms with van der Waals surface area (Å²) < 4.78 is 0. The number of carboxylic acids is 1. The van der Waals surface area contributed by atoms with E-state index in [4.69, 9.17) is 5.11 Å². The van der Waals surface area contributed by atoms with Gasteiger partial charge in [-0.25, -0.2) is 0 Å². The summed E-state index contributed by atoms with van der Waals surface area (Å²) in [6.07, 6.45) is 12.5. The first-order valence-corrected chi connectivity index (χ1v) is 11.4. The maximum Gasteiger partial charge on any atom is 0.303 e. The minimum Gasteiger partial charge on any atom is -0.481 e. The Bertz CT molecular complexity index is 495. The fraction of sp³-hybridized carbons (Fsp3) is 0.913. The molecule has 0 aromatic rings. The zero-order valence-electron chi connectivity index (χ0n) is 17.6. The number of carbonyl (C=O) groups is 2. The standard InChI is InChI=1S/C23H40O5/c1-23(28,16-17-9-5-4-6-10-17)14-13-19-18(20(24)15-21(19)25)11-7-2-3-8-12-22(26)27/h17-19,21,25,28H,2-16H2,1H3,(H,26,27)/t18-,19-,21-,23?/m1/s1. The number of carbonyl (C=O) groups excluding carboxylic acids is 1. The van der Waals surface area contributed by atoms with E-state index in [1.165, 1.54) is 32.1 Å². The highest BCUT2D eigenvalue weighted by molar-refractivity contribution is 5.84. The van der Waals surface area contributed by atoms with Crippen molar-refractivity contribution < 1.29 is 24.9 Å². The monoisotopic (exact) mass is 396 g/mol. The second kappa shape index (κ2) is 11.3. The molecule has 28 heavy (non-hydrogen) atoms. The van der Waals surface area contributed by atoms with Gasteiger partial charge in [-0.2, -0.15) is 0 Å². The maximum absolute atomic E-state index is 12.3. The van der Waals surface area contributed by atoms with Crippen molar-refractivity contribution in [3.05, 3.63) is 0 Å². The summed E-state index contributed by atoms with van der Waals surface area (Å²) in [5, 5.41) is 29.9. The van der Waals surface area contributed by atoms with Crippen LogP contribution in [0, 0.1) is 17.8 Å². The van der Waals surface area contributed by atoms with Crippen LogP contribution in [0.3, 0.4) is 0 Å². The molecule has 2 aliphatic rings. The molecule has 0 saturated heterocycles. The highest BCUT2D eigenvalue weighted by atomic mass is 16.4. The van der Waals surface area contributed by atoms with Crippen LogP contribution < -0.4 is 0 Å². The van der Waals surface area contributed by atoms with Gasteiger partial charge in [0.1, 0.15) is 5.78 Å². The van der Waals surface area contributed by atoms with E-state index >= 15 is 0 Å². The molecule has 2 aliphatic carbocycles. The van der Waals surface area contributed by atoms with Gasteiger partial charge in [0.15, 0.2) is 0 Å². The van der Waals surface area contributed by atoms with Crippen LogP contribution in [0.4, 0.5) is 0 Å². The molecular weight excluding hydrogens is 356 g/mol. The van der Waals surface area contributed by atoms with Crippen LogP contribution in [-0.2, 0) is 9.59 Å². The van der Waals surface area contributed by atoms with Gasteiger partial charge in [0.2, 0.25) is 0 Å². The quantitative estimate of drug-likeness (QED) is 0.423. The first-order valence-electron chi connectivity index (χ1n) is 11.4. The molecular formula is C23H40O5. The lowest BCUT2D eigenvalue weighted by Gasteiger charge is -2.32. The van der Waals surface area contributed by atoms with Crippen molar-refractivity contribution in [3.8, 4) is 0 Å². The van der Waals surface area contributed by atoms with Crippen molar-refractivity contribution >= 4 is 11.8 Å². The second-order valence-electron chi connectivity index (χ2n) is 9.60. The molecule has 0 bridgehead atoms. The Kier molecular flexibility index (Phi) is 9.42. The molecule has 5 heteroatoms. The summed E-state index contributed by atoms with van der Waals surface area (Å²) in [5.41, 5.74) is -0.714. The van der Waals surface area contributed by atoms with Gasteiger partial charge in [-0.05, 0) is 50.9 Å². The van der Waals surface area contributed by atoms with Gasteiger partial charge in [-0.15, -0.1) is 0 Å². The minimum absolute atomic E-state index is 0.0376. The van der Waals surface area contributed by atoms with Gasteiger partial charge in [-0.1, -0.05) is 51.4 Å². The predicted molar refractivity (Wildman–Crippen MR) is 109 cm³/mol. The highest BCUT2D eigenvalue weighted by Gasteiger charge is 2.41. The molecule has 4 atom stereocenters. The minimum atomic E-state index is -0.755. The smallest absolute Gasteiger partial charge is 0.303 e. The zero-order chi connectivity index (χ0) is 20.6. The topological polar surface area (TPSA) is 94.8 Å². The number of carboxylic acid groups (broad SMARTS) is 1. The van der Waals surface area contributed by atoms with E-state index in [-0.39, 0.29) is 30.5 Å². The average Bonchev–Trinajstić information content (AvgIpc) is 2.89. The number of hydrogen-bond donors (Lipinski definition) is 3. The number of aliphatic hydroxyl groups excluding tert-OH is 1. The van der Waals surface area contributed by atoms with E-state index in [0.29, 0.717) is 25.2 Å².